The van der Waals surface area contributed by atoms with Crippen molar-refractivity contribution in [3.05, 3.63) is 23.9 Å². The summed E-state index contributed by atoms with van der Waals surface area (Å²) in [5.41, 5.74) is 7.10. The van der Waals surface area contributed by atoms with Crippen LogP contribution in [-0.4, -0.2) is 42.6 Å². The first-order valence-electron chi connectivity index (χ1n) is 7.81. The number of hydrogen-bond acceptors (Lipinski definition) is 4. The standard InChI is InChI=1S/C16H30N4/c1-5-19(6-2)11-8-12-20(7-3)16-13-15(14(4)17)9-10-18-16/h9-10,13-14H,5-8,11-12,17H2,1-4H3/t14-/m1/s1. The van der Waals surface area contributed by atoms with E-state index in [4.69, 9.17) is 5.73 Å². The van der Waals surface area contributed by atoms with Crippen LogP contribution in [0.15, 0.2) is 18.3 Å². The fourth-order valence-corrected chi connectivity index (χ4v) is 2.35. The average Bonchev–Trinajstić information content (AvgIpc) is 2.48. The molecule has 1 heterocycles. The van der Waals surface area contributed by atoms with Gasteiger partial charge in [0.2, 0.25) is 0 Å². The van der Waals surface area contributed by atoms with E-state index in [1.54, 1.807) is 0 Å². The van der Waals surface area contributed by atoms with Gasteiger partial charge >= 0.3 is 0 Å². The van der Waals surface area contributed by atoms with Crippen molar-refractivity contribution in [3.8, 4) is 0 Å². The molecule has 0 unspecified atom stereocenters. The Morgan fingerprint density at radius 3 is 2.40 bits per heavy atom. The molecule has 1 aromatic rings. The maximum absolute atomic E-state index is 5.95. The SMILES string of the molecule is CCN(CC)CCCN(CC)c1cc([C@@H](C)N)ccn1. The van der Waals surface area contributed by atoms with Gasteiger partial charge in [0.05, 0.1) is 0 Å². The van der Waals surface area contributed by atoms with Crippen LogP contribution in [0.5, 0.6) is 0 Å². The number of hydrogen-bond donors (Lipinski definition) is 1. The van der Waals surface area contributed by atoms with E-state index in [0.717, 1.165) is 44.1 Å². The molecular weight excluding hydrogens is 248 g/mol. The second kappa shape index (κ2) is 8.93. The maximum atomic E-state index is 5.95. The predicted molar refractivity (Wildman–Crippen MR) is 87.1 cm³/mol. The minimum atomic E-state index is 0.0612. The first-order chi connectivity index (χ1) is 9.62. The van der Waals surface area contributed by atoms with Crippen LogP contribution in [0.2, 0.25) is 0 Å². The van der Waals surface area contributed by atoms with Gasteiger partial charge in [-0.1, -0.05) is 13.8 Å². The molecule has 0 aromatic carbocycles. The van der Waals surface area contributed by atoms with Crippen LogP contribution >= 0.6 is 0 Å². The maximum Gasteiger partial charge on any atom is 0.128 e. The minimum Gasteiger partial charge on any atom is -0.357 e. The molecule has 1 rings (SSSR count). The van der Waals surface area contributed by atoms with Crippen LogP contribution < -0.4 is 10.6 Å². The van der Waals surface area contributed by atoms with Gasteiger partial charge < -0.3 is 15.5 Å². The number of anilines is 1. The summed E-state index contributed by atoms with van der Waals surface area (Å²) in [6, 6.07) is 4.18. The van der Waals surface area contributed by atoms with Crippen LogP contribution in [-0.2, 0) is 0 Å². The summed E-state index contributed by atoms with van der Waals surface area (Å²) in [6.45, 7) is 14.0. The number of aromatic nitrogens is 1. The lowest BCUT2D eigenvalue weighted by Gasteiger charge is -2.25. The third-order valence-electron chi connectivity index (χ3n) is 3.80. The van der Waals surface area contributed by atoms with E-state index in [-0.39, 0.29) is 6.04 Å². The Morgan fingerprint density at radius 1 is 1.15 bits per heavy atom. The largest absolute Gasteiger partial charge is 0.357 e. The Labute approximate surface area is 124 Å². The molecule has 0 amide bonds. The van der Waals surface area contributed by atoms with Gasteiger partial charge in [0.1, 0.15) is 5.82 Å². The zero-order chi connectivity index (χ0) is 15.0. The second-order valence-electron chi connectivity index (χ2n) is 5.20. The molecule has 20 heavy (non-hydrogen) atoms. The number of nitrogens with two attached hydrogens (primary N) is 1. The van der Waals surface area contributed by atoms with E-state index < -0.39 is 0 Å². The lowest BCUT2D eigenvalue weighted by molar-refractivity contribution is 0.300. The number of nitrogens with zero attached hydrogens (tertiary/aromatic N) is 3. The zero-order valence-electron chi connectivity index (χ0n) is 13.5. The van der Waals surface area contributed by atoms with Crippen molar-refractivity contribution in [1.82, 2.24) is 9.88 Å². The normalized spacial score (nSPS) is 12.7. The van der Waals surface area contributed by atoms with Crippen molar-refractivity contribution >= 4 is 5.82 Å². The fraction of sp³-hybridized carbons (Fsp3) is 0.688. The minimum absolute atomic E-state index is 0.0612. The molecule has 1 atom stereocenters. The number of pyridine rings is 1. The average molecular weight is 278 g/mol. The van der Waals surface area contributed by atoms with Crippen LogP contribution in [0.25, 0.3) is 0 Å². The molecule has 0 spiro atoms. The smallest absolute Gasteiger partial charge is 0.128 e. The van der Waals surface area contributed by atoms with Crippen LogP contribution in [0, 0.1) is 0 Å². The summed E-state index contributed by atoms with van der Waals surface area (Å²) in [6.07, 6.45) is 3.03. The summed E-state index contributed by atoms with van der Waals surface area (Å²) in [5, 5.41) is 0. The molecule has 2 N–H and O–H groups in total. The van der Waals surface area contributed by atoms with Crippen molar-refractivity contribution < 1.29 is 0 Å². The number of rotatable bonds is 9. The summed E-state index contributed by atoms with van der Waals surface area (Å²) < 4.78 is 0. The quantitative estimate of drug-likeness (QED) is 0.754. The Morgan fingerprint density at radius 2 is 1.85 bits per heavy atom. The summed E-state index contributed by atoms with van der Waals surface area (Å²) in [7, 11) is 0. The van der Waals surface area contributed by atoms with Gasteiger partial charge in [-0.05, 0) is 57.6 Å². The van der Waals surface area contributed by atoms with Crippen LogP contribution in [0.1, 0.15) is 45.7 Å². The lowest BCUT2D eigenvalue weighted by atomic mass is 10.1. The third-order valence-corrected chi connectivity index (χ3v) is 3.80. The second-order valence-corrected chi connectivity index (χ2v) is 5.20. The Balaban J connectivity index is 2.59. The monoisotopic (exact) mass is 278 g/mol. The highest BCUT2D eigenvalue weighted by Crippen LogP contribution is 2.16. The summed E-state index contributed by atoms with van der Waals surface area (Å²) in [4.78, 5) is 9.27. The molecule has 0 aliphatic rings. The van der Waals surface area contributed by atoms with E-state index >= 15 is 0 Å². The van der Waals surface area contributed by atoms with Crippen molar-refractivity contribution in [2.24, 2.45) is 5.73 Å². The first kappa shape index (κ1) is 16.9. The van der Waals surface area contributed by atoms with Crippen molar-refractivity contribution in [3.63, 3.8) is 0 Å². The molecule has 0 fully saturated rings. The van der Waals surface area contributed by atoms with E-state index in [2.05, 4.69) is 41.6 Å². The summed E-state index contributed by atoms with van der Waals surface area (Å²) in [5.74, 6) is 1.04. The molecule has 114 valence electrons. The van der Waals surface area contributed by atoms with Crippen molar-refractivity contribution in [2.75, 3.05) is 37.6 Å². The molecule has 0 aliphatic carbocycles. The first-order valence-corrected chi connectivity index (χ1v) is 7.81. The Kier molecular flexibility index (Phi) is 7.55. The zero-order valence-corrected chi connectivity index (χ0v) is 13.5. The van der Waals surface area contributed by atoms with Crippen LogP contribution in [0.3, 0.4) is 0 Å². The van der Waals surface area contributed by atoms with Gasteiger partial charge in [-0.2, -0.15) is 0 Å². The van der Waals surface area contributed by atoms with E-state index in [9.17, 15) is 0 Å². The lowest BCUT2D eigenvalue weighted by Crippen LogP contribution is -2.30. The van der Waals surface area contributed by atoms with E-state index in [1.165, 1.54) is 6.42 Å². The van der Waals surface area contributed by atoms with Gasteiger partial charge in [0, 0.05) is 25.3 Å². The fourth-order valence-electron chi connectivity index (χ4n) is 2.35. The molecule has 0 aliphatic heterocycles. The highest BCUT2D eigenvalue weighted by molar-refractivity contribution is 5.41. The highest BCUT2D eigenvalue weighted by Gasteiger charge is 2.08. The molecule has 4 heteroatoms. The molecule has 0 saturated heterocycles. The van der Waals surface area contributed by atoms with Gasteiger partial charge in [-0.3, -0.25) is 0 Å². The predicted octanol–water partition coefficient (Wildman–Crippen LogP) is 2.66. The van der Waals surface area contributed by atoms with Gasteiger partial charge in [0.25, 0.3) is 0 Å². The molecule has 4 nitrogen and oxygen atoms in total. The Bertz CT molecular complexity index is 374. The third kappa shape index (κ3) is 5.10. The van der Waals surface area contributed by atoms with Gasteiger partial charge in [0.15, 0.2) is 0 Å². The van der Waals surface area contributed by atoms with Crippen molar-refractivity contribution in [2.45, 2.75) is 40.2 Å². The van der Waals surface area contributed by atoms with E-state index in [0.29, 0.717) is 0 Å². The molecule has 0 bridgehead atoms. The highest BCUT2D eigenvalue weighted by atomic mass is 15.2. The van der Waals surface area contributed by atoms with Crippen molar-refractivity contribution in [1.29, 1.82) is 0 Å². The molecular formula is C16H30N4. The molecule has 1 aromatic heterocycles. The van der Waals surface area contributed by atoms with Crippen LogP contribution in [0.4, 0.5) is 5.82 Å². The molecule has 0 saturated carbocycles. The topological polar surface area (TPSA) is 45.4 Å². The van der Waals surface area contributed by atoms with Gasteiger partial charge in [-0.25, -0.2) is 4.98 Å². The van der Waals surface area contributed by atoms with Gasteiger partial charge in [-0.15, -0.1) is 0 Å². The summed E-state index contributed by atoms with van der Waals surface area (Å²) >= 11 is 0. The molecule has 0 radical (unpaired) electrons. The van der Waals surface area contributed by atoms with E-state index in [1.807, 2.05) is 19.2 Å². The Hall–Kier alpha value is -1.13.